The van der Waals surface area contributed by atoms with Gasteiger partial charge in [-0.05, 0) is 20.8 Å². The van der Waals surface area contributed by atoms with Crippen LogP contribution in [0.5, 0.6) is 0 Å². The van der Waals surface area contributed by atoms with E-state index in [4.69, 9.17) is 10.5 Å². The van der Waals surface area contributed by atoms with Crippen molar-refractivity contribution in [3.05, 3.63) is 11.3 Å². The topological polar surface area (TPSA) is 99.5 Å². The lowest BCUT2D eigenvalue weighted by atomic mass is 10.1. The molecule has 0 aromatic rings. The summed E-state index contributed by atoms with van der Waals surface area (Å²) in [6, 6.07) is 0. The Labute approximate surface area is 87.4 Å². The molecule has 15 heavy (non-hydrogen) atoms. The molecule has 0 radical (unpaired) electrons. The van der Waals surface area contributed by atoms with Gasteiger partial charge in [-0.3, -0.25) is 10.1 Å². The first kappa shape index (κ1) is 13.2. The third-order valence-electron chi connectivity index (χ3n) is 1.45. The Morgan fingerprint density at radius 2 is 1.93 bits per heavy atom. The van der Waals surface area contributed by atoms with Crippen LogP contribution in [0.4, 0.5) is 4.79 Å². The van der Waals surface area contributed by atoms with Crippen LogP contribution >= 0.6 is 0 Å². The van der Waals surface area contributed by atoms with E-state index in [1.54, 1.807) is 6.92 Å². The van der Waals surface area contributed by atoms with E-state index in [0.717, 1.165) is 0 Å². The number of hydrogen-bond acceptors (Lipinski definition) is 5. The van der Waals surface area contributed by atoms with Crippen molar-refractivity contribution in [1.82, 2.24) is 5.32 Å². The first-order valence-electron chi connectivity index (χ1n) is 4.33. The van der Waals surface area contributed by atoms with Crippen LogP contribution in [0.2, 0.25) is 0 Å². The molecule has 0 aliphatic rings. The quantitative estimate of drug-likeness (QED) is 0.372. The average molecular weight is 214 g/mol. The largest absolute Gasteiger partial charge is 0.512 e. The summed E-state index contributed by atoms with van der Waals surface area (Å²) in [5.74, 6) is -1.16. The van der Waals surface area contributed by atoms with E-state index in [0.29, 0.717) is 0 Å². The second-order valence-electron chi connectivity index (χ2n) is 2.76. The predicted molar refractivity (Wildman–Crippen MR) is 53.9 cm³/mol. The van der Waals surface area contributed by atoms with Gasteiger partial charge in [-0.15, -0.1) is 0 Å². The van der Waals surface area contributed by atoms with Gasteiger partial charge in [0.1, 0.15) is 5.76 Å². The number of alkyl carbamates (subject to hydrolysis) is 1. The molecule has 2 amide bonds. The number of imide groups is 1. The van der Waals surface area contributed by atoms with Crippen LogP contribution in [-0.4, -0.2) is 29.4 Å². The second kappa shape index (κ2) is 5.79. The Kier molecular flexibility index (Phi) is 5.08. The number of carbonyl (C=O) groups is 2. The molecule has 6 heteroatoms. The van der Waals surface area contributed by atoms with Crippen molar-refractivity contribution in [3.8, 4) is 0 Å². The summed E-state index contributed by atoms with van der Waals surface area (Å²) < 4.78 is 4.48. The van der Waals surface area contributed by atoms with Gasteiger partial charge in [0, 0.05) is 5.71 Å². The van der Waals surface area contributed by atoms with Crippen LogP contribution in [0, 0.1) is 5.41 Å². The normalized spacial score (nSPS) is 11.4. The number of hydrogen-bond donors (Lipinski definition) is 3. The summed E-state index contributed by atoms with van der Waals surface area (Å²) in [7, 11) is 0. The molecule has 0 saturated heterocycles. The van der Waals surface area contributed by atoms with E-state index in [9.17, 15) is 9.59 Å². The molecular formula is C9H14N2O4. The van der Waals surface area contributed by atoms with Crippen molar-refractivity contribution in [3.63, 3.8) is 0 Å². The Morgan fingerprint density at radius 1 is 1.40 bits per heavy atom. The van der Waals surface area contributed by atoms with Gasteiger partial charge in [0.15, 0.2) is 0 Å². The Balaban J connectivity index is 4.64. The number of aliphatic hydroxyl groups is 1. The fourth-order valence-corrected chi connectivity index (χ4v) is 0.928. The molecule has 0 spiro atoms. The molecule has 0 bridgehead atoms. The summed E-state index contributed by atoms with van der Waals surface area (Å²) in [5.41, 5.74) is -0.361. The fourth-order valence-electron chi connectivity index (χ4n) is 0.928. The van der Waals surface area contributed by atoms with Gasteiger partial charge in [-0.2, -0.15) is 0 Å². The van der Waals surface area contributed by atoms with Gasteiger partial charge in [-0.25, -0.2) is 4.79 Å². The van der Waals surface area contributed by atoms with Crippen molar-refractivity contribution >= 4 is 17.7 Å². The lowest BCUT2D eigenvalue weighted by molar-refractivity contribution is -0.116. The maximum Gasteiger partial charge on any atom is 0.414 e. The Hall–Kier alpha value is -1.85. The van der Waals surface area contributed by atoms with Crippen molar-refractivity contribution in [2.45, 2.75) is 20.8 Å². The van der Waals surface area contributed by atoms with E-state index in [2.05, 4.69) is 4.74 Å². The van der Waals surface area contributed by atoms with E-state index < -0.39 is 12.0 Å². The molecule has 84 valence electrons. The standard InChI is InChI=1S/C9H14N2O4/c1-4-15-9(14)11-8(13)7(5(2)10)6(3)12/h10,12H,4H2,1-3H3,(H,11,13,14)/b7-6+,10-5?. The number of amides is 2. The number of aliphatic hydroxyl groups excluding tert-OH is 1. The SMILES string of the molecule is CCOC(=O)NC(=O)/C(C(C)=N)=C(\C)O. The van der Waals surface area contributed by atoms with E-state index in [1.807, 2.05) is 5.32 Å². The minimum atomic E-state index is -0.900. The summed E-state index contributed by atoms with van der Waals surface area (Å²) in [6.45, 7) is 4.33. The van der Waals surface area contributed by atoms with Crippen molar-refractivity contribution < 1.29 is 19.4 Å². The molecule has 0 fully saturated rings. The monoisotopic (exact) mass is 214 g/mol. The van der Waals surface area contributed by atoms with E-state index >= 15 is 0 Å². The van der Waals surface area contributed by atoms with Crippen molar-refractivity contribution in [2.75, 3.05) is 6.61 Å². The van der Waals surface area contributed by atoms with Crippen LogP contribution in [0.25, 0.3) is 0 Å². The van der Waals surface area contributed by atoms with Gasteiger partial charge in [0.2, 0.25) is 0 Å². The molecule has 0 aromatic heterocycles. The Bertz CT molecular complexity index is 316. The van der Waals surface area contributed by atoms with E-state index in [-0.39, 0.29) is 23.7 Å². The first-order chi connectivity index (χ1) is 6.90. The Morgan fingerprint density at radius 3 is 2.27 bits per heavy atom. The van der Waals surface area contributed by atoms with Crippen LogP contribution in [0.1, 0.15) is 20.8 Å². The highest BCUT2D eigenvalue weighted by Gasteiger charge is 2.18. The molecule has 0 heterocycles. The smallest absolute Gasteiger partial charge is 0.414 e. The molecule has 6 nitrogen and oxygen atoms in total. The number of nitrogens with one attached hydrogen (secondary N) is 2. The van der Waals surface area contributed by atoms with Gasteiger partial charge in [0.05, 0.1) is 12.2 Å². The van der Waals surface area contributed by atoms with E-state index in [1.165, 1.54) is 13.8 Å². The molecule has 0 aromatic carbocycles. The lowest BCUT2D eigenvalue weighted by Crippen LogP contribution is -2.34. The van der Waals surface area contributed by atoms with Crippen LogP contribution < -0.4 is 5.32 Å². The van der Waals surface area contributed by atoms with Crippen molar-refractivity contribution in [2.24, 2.45) is 0 Å². The fraction of sp³-hybridized carbons (Fsp3) is 0.444. The zero-order valence-corrected chi connectivity index (χ0v) is 8.88. The van der Waals surface area contributed by atoms with Crippen molar-refractivity contribution in [1.29, 1.82) is 5.41 Å². The number of allylic oxidation sites excluding steroid dienone is 1. The highest BCUT2D eigenvalue weighted by atomic mass is 16.5. The number of ether oxygens (including phenoxy) is 1. The molecule has 0 unspecified atom stereocenters. The third-order valence-corrected chi connectivity index (χ3v) is 1.45. The molecule has 0 saturated carbocycles. The van der Waals surface area contributed by atoms with Crippen LogP contribution in [0.15, 0.2) is 11.3 Å². The molecule has 0 aliphatic carbocycles. The van der Waals surface area contributed by atoms with Gasteiger partial charge >= 0.3 is 6.09 Å². The highest BCUT2D eigenvalue weighted by Crippen LogP contribution is 2.03. The minimum absolute atomic E-state index is 0.128. The highest BCUT2D eigenvalue weighted by molar-refractivity contribution is 6.22. The van der Waals surface area contributed by atoms with Gasteiger partial charge in [0.25, 0.3) is 5.91 Å². The second-order valence-corrected chi connectivity index (χ2v) is 2.76. The van der Waals surface area contributed by atoms with Gasteiger partial charge < -0.3 is 15.3 Å². The molecular weight excluding hydrogens is 200 g/mol. The maximum absolute atomic E-state index is 11.3. The van der Waals surface area contributed by atoms with Gasteiger partial charge in [-0.1, -0.05) is 0 Å². The lowest BCUT2D eigenvalue weighted by Gasteiger charge is -2.07. The van der Waals surface area contributed by atoms with Crippen LogP contribution in [0.3, 0.4) is 0 Å². The summed E-state index contributed by atoms with van der Waals surface area (Å²) in [6.07, 6.45) is -0.900. The first-order valence-corrected chi connectivity index (χ1v) is 4.33. The average Bonchev–Trinajstić information content (AvgIpc) is 2.01. The molecule has 3 N–H and O–H groups in total. The number of rotatable bonds is 3. The zero-order valence-electron chi connectivity index (χ0n) is 8.88. The molecule has 0 atom stereocenters. The maximum atomic E-state index is 11.3. The zero-order chi connectivity index (χ0) is 12.0. The summed E-state index contributed by atoms with van der Waals surface area (Å²) in [5, 5.41) is 18.2. The molecule has 0 rings (SSSR count). The summed E-state index contributed by atoms with van der Waals surface area (Å²) in [4.78, 5) is 22.2. The third kappa shape index (κ3) is 4.26. The van der Waals surface area contributed by atoms with Crippen LogP contribution in [-0.2, 0) is 9.53 Å². The minimum Gasteiger partial charge on any atom is -0.512 e. The molecule has 0 aliphatic heterocycles. The number of carbonyl (C=O) groups excluding carboxylic acids is 2. The summed E-state index contributed by atoms with van der Waals surface area (Å²) >= 11 is 0. The predicted octanol–water partition coefficient (Wildman–Crippen LogP) is 1.13.